The predicted octanol–water partition coefficient (Wildman–Crippen LogP) is 6.61. The molecule has 20 heavy (non-hydrogen) atoms. The SMILES string of the molecule is Fc1ccc2cc(-c3cc(Cl)c(Cl)c(Cl)c3)ccc2c1. The van der Waals surface area contributed by atoms with Crippen molar-refractivity contribution in [2.75, 3.05) is 0 Å². The van der Waals surface area contributed by atoms with Crippen LogP contribution in [0.3, 0.4) is 0 Å². The van der Waals surface area contributed by atoms with Gasteiger partial charge in [0, 0.05) is 0 Å². The predicted molar refractivity (Wildman–Crippen MR) is 84.4 cm³/mol. The second-order valence-corrected chi connectivity index (χ2v) is 5.65. The number of fused-ring (bicyclic) bond motifs is 1. The van der Waals surface area contributed by atoms with Crippen molar-refractivity contribution >= 4 is 45.6 Å². The van der Waals surface area contributed by atoms with E-state index in [0.29, 0.717) is 15.1 Å². The van der Waals surface area contributed by atoms with E-state index in [1.165, 1.54) is 12.1 Å². The van der Waals surface area contributed by atoms with Gasteiger partial charge in [-0.2, -0.15) is 0 Å². The third-order valence-corrected chi connectivity index (χ3v) is 4.32. The summed E-state index contributed by atoms with van der Waals surface area (Å²) in [5.74, 6) is -0.247. The van der Waals surface area contributed by atoms with Gasteiger partial charge in [0.1, 0.15) is 5.82 Å². The zero-order chi connectivity index (χ0) is 14.3. The van der Waals surface area contributed by atoms with Crippen molar-refractivity contribution in [1.82, 2.24) is 0 Å². The number of hydrogen-bond acceptors (Lipinski definition) is 0. The molecule has 0 aliphatic heterocycles. The maximum absolute atomic E-state index is 13.2. The molecule has 0 aromatic heterocycles. The first-order valence-corrected chi connectivity index (χ1v) is 7.02. The minimum absolute atomic E-state index is 0.247. The van der Waals surface area contributed by atoms with Crippen LogP contribution in [0.4, 0.5) is 4.39 Å². The van der Waals surface area contributed by atoms with Gasteiger partial charge in [-0.3, -0.25) is 0 Å². The van der Waals surface area contributed by atoms with Crippen LogP contribution in [0.25, 0.3) is 21.9 Å². The summed E-state index contributed by atoms with van der Waals surface area (Å²) in [6.07, 6.45) is 0. The van der Waals surface area contributed by atoms with Crippen molar-refractivity contribution in [1.29, 1.82) is 0 Å². The van der Waals surface area contributed by atoms with Crippen LogP contribution in [0, 0.1) is 5.82 Å². The summed E-state index contributed by atoms with van der Waals surface area (Å²) in [5, 5.41) is 2.97. The van der Waals surface area contributed by atoms with Crippen molar-refractivity contribution in [2.24, 2.45) is 0 Å². The van der Waals surface area contributed by atoms with E-state index in [9.17, 15) is 4.39 Å². The maximum atomic E-state index is 13.2. The molecule has 0 spiro atoms. The van der Waals surface area contributed by atoms with E-state index < -0.39 is 0 Å². The molecule has 0 atom stereocenters. The van der Waals surface area contributed by atoms with E-state index in [4.69, 9.17) is 34.8 Å². The molecule has 4 heteroatoms. The number of benzene rings is 3. The van der Waals surface area contributed by atoms with Crippen LogP contribution >= 0.6 is 34.8 Å². The summed E-state index contributed by atoms with van der Waals surface area (Å²) in [6.45, 7) is 0. The van der Waals surface area contributed by atoms with Gasteiger partial charge in [-0.05, 0) is 52.2 Å². The average molecular weight is 326 g/mol. The van der Waals surface area contributed by atoms with Gasteiger partial charge < -0.3 is 0 Å². The number of halogens is 4. The largest absolute Gasteiger partial charge is 0.207 e. The van der Waals surface area contributed by atoms with Gasteiger partial charge in [0.2, 0.25) is 0 Å². The van der Waals surface area contributed by atoms with E-state index in [1.54, 1.807) is 18.2 Å². The molecule has 0 saturated carbocycles. The molecule has 0 amide bonds. The lowest BCUT2D eigenvalue weighted by Gasteiger charge is -2.07. The topological polar surface area (TPSA) is 0 Å². The van der Waals surface area contributed by atoms with Crippen LogP contribution in [0.1, 0.15) is 0 Å². The summed E-state index contributed by atoms with van der Waals surface area (Å²) >= 11 is 18.0. The minimum Gasteiger partial charge on any atom is -0.207 e. The van der Waals surface area contributed by atoms with E-state index in [2.05, 4.69) is 0 Å². The Hall–Kier alpha value is -1.28. The van der Waals surface area contributed by atoms with E-state index in [-0.39, 0.29) is 5.82 Å². The van der Waals surface area contributed by atoms with Gasteiger partial charge in [0.15, 0.2) is 0 Å². The highest BCUT2D eigenvalue weighted by molar-refractivity contribution is 6.48. The minimum atomic E-state index is -0.247. The molecule has 0 nitrogen and oxygen atoms in total. The molecule has 3 aromatic rings. The number of rotatable bonds is 1. The normalized spacial score (nSPS) is 11.0. The van der Waals surface area contributed by atoms with Gasteiger partial charge in [0.25, 0.3) is 0 Å². The smallest absolute Gasteiger partial charge is 0.123 e. The van der Waals surface area contributed by atoms with Crippen molar-refractivity contribution in [3.63, 3.8) is 0 Å². The molecular weight excluding hydrogens is 318 g/mol. The molecule has 0 heterocycles. The lowest BCUT2D eigenvalue weighted by atomic mass is 10.0. The first-order valence-electron chi connectivity index (χ1n) is 5.89. The Balaban J connectivity index is 2.17. The fourth-order valence-corrected chi connectivity index (χ4v) is 2.71. The Morgan fingerprint density at radius 2 is 1.25 bits per heavy atom. The van der Waals surface area contributed by atoms with Crippen LogP contribution in [-0.2, 0) is 0 Å². The Bertz CT molecular complexity index is 789. The van der Waals surface area contributed by atoms with Crippen LogP contribution in [-0.4, -0.2) is 0 Å². The first kappa shape index (κ1) is 13.7. The highest BCUT2D eigenvalue weighted by Gasteiger charge is 2.08. The molecule has 0 unspecified atom stereocenters. The van der Waals surface area contributed by atoms with Gasteiger partial charge in [-0.1, -0.05) is 53.0 Å². The Morgan fingerprint density at radius 1 is 0.650 bits per heavy atom. The van der Waals surface area contributed by atoms with Gasteiger partial charge in [0.05, 0.1) is 15.1 Å². The molecule has 100 valence electrons. The highest BCUT2D eigenvalue weighted by Crippen LogP contribution is 2.35. The molecule has 0 bridgehead atoms. The molecule has 0 aliphatic rings. The fraction of sp³-hybridized carbons (Fsp3) is 0. The van der Waals surface area contributed by atoms with Crippen LogP contribution in [0.5, 0.6) is 0 Å². The van der Waals surface area contributed by atoms with Gasteiger partial charge >= 0.3 is 0 Å². The lowest BCUT2D eigenvalue weighted by molar-refractivity contribution is 0.630. The molecule has 0 N–H and O–H groups in total. The van der Waals surface area contributed by atoms with Crippen molar-refractivity contribution < 1.29 is 4.39 Å². The van der Waals surface area contributed by atoms with Crippen molar-refractivity contribution in [3.8, 4) is 11.1 Å². The summed E-state index contributed by atoms with van der Waals surface area (Å²) in [6, 6.07) is 13.9. The Morgan fingerprint density at radius 3 is 1.95 bits per heavy atom. The maximum Gasteiger partial charge on any atom is 0.123 e. The Labute approximate surface area is 130 Å². The summed E-state index contributed by atoms with van der Waals surface area (Å²) in [7, 11) is 0. The fourth-order valence-electron chi connectivity index (χ4n) is 2.12. The second-order valence-electron chi connectivity index (χ2n) is 4.46. The highest BCUT2D eigenvalue weighted by atomic mass is 35.5. The van der Waals surface area contributed by atoms with Gasteiger partial charge in [-0.15, -0.1) is 0 Å². The van der Waals surface area contributed by atoms with E-state index in [0.717, 1.165) is 21.9 Å². The zero-order valence-electron chi connectivity index (χ0n) is 10.1. The molecule has 0 aliphatic carbocycles. The quantitative estimate of drug-likeness (QED) is 0.442. The standard InChI is InChI=1S/C16H8Cl3F/c17-14-7-12(8-15(18)16(14)19)10-1-2-11-6-13(20)4-3-9(11)5-10/h1-8H. The van der Waals surface area contributed by atoms with Gasteiger partial charge in [-0.25, -0.2) is 4.39 Å². The average Bonchev–Trinajstić information content (AvgIpc) is 2.43. The van der Waals surface area contributed by atoms with Crippen LogP contribution in [0.2, 0.25) is 15.1 Å². The van der Waals surface area contributed by atoms with E-state index in [1.807, 2.05) is 18.2 Å². The molecule has 3 rings (SSSR count). The first-order chi connectivity index (χ1) is 9.54. The molecule has 0 radical (unpaired) electrons. The molecule has 0 fully saturated rings. The number of hydrogen-bond donors (Lipinski definition) is 0. The van der Waals surface area contributed by atoms with Crippen molar-refractivity contribution in [3.05, 3.63) is 69.4 Å². The van der Waals surface area contributed by atoms with Crippen LogP contribution < -0.4 is 0 Å². The summed E-state index contributed by atoms with van der Waals surface area (Å²) in [5.41, 5.74) is 1.82. The molecular formula is C16H8Cl3F. The lowest BCUT2D eigenvalue weighted by Crippen LogP contribution is -1.82. The zero-order valence-corrected chi connectivity index (χ0v) is 12.4. The third-order valence-electron chi connectivity index (χ3n) is 3.12. The van der Waals surface area contributed by atoms with E-state index >= 15 is 0 Å². The summed E-state index contributed by atoms with van der Waals surface area (Å²) < 4.78 is 13.2. The molecule has 0 saturated heterocycles. The van der Waals surface area contributed by atoms with Crippen LogP contribution in [0.15, 0.2) is 48.5 Å². The van der Waals surface area contributed by atoms with Crippen molar-refractivity contribution in [2.45, 2.75) is 0 Å². The second kappa shape index (κ2) is 5.25. The third kappa shape index (κ3) is 2.49. The molecule has 3 aromatic carbocycles. The monoisotopic (exact) mass is 324 g/mol. The Kier molecular flexibility index (Phi) is 3.59. The summed E-state index contributed by atoms with van der Waals surface area (Å²) in [4.78, 5) is 0.